The van der Waals surface area contributed by atoms with E-state index in [4.69, 9.17) is 9.47 Å². The summed E-state index contributed by atoms with van der Waals surface area (Å²) in [5, 5.41) is 3.13. The van der Waals surface area contributed by atoms with Crippen molar-refractivity contribution < 1.29 is 23.9 Å². The van der Waals surface area contributed by atoms with Crippen LogP contribution in [0.25, 0.3) is 10.4 Å². The van der Waals surface area contributed by atoms with Crippen LogP contribution < -0.4 is 10.1 Å². The largest absolute Gasteiger partial charge is 0.491 e. The van der Waals surface area contributed by atoms with Crippen LogP contribution in [0.1, 0.15) is 113 Å². The molecule has 272 valence electrons. The number of hydrogen-bond acceptors (Lipinski definition) is 7. The Morgan fingerprint density at radius 3 is 2.48 bits per heavy atom. The third-order valence-corrected chi connectivity index (χ3v) is 10.7. The molecular formula is C41H57N3O5S. The molecule has 5 rings (SSSR count). The molecule has 1 N–H and O–H groups in total. The van der Waals surface area contributed by atoms with Gasteiger partial charge in [-0.3, -0.25) is 14.4 Å². The standard InChI is InChI=1S/C39H51N3O5S.C2H6/c1-5-6-7-8-11-19-46-20-21-47-34-22-28(37-27(4)41-25-48-37)17-18-29(34)23-40-38(44)33-16-12-15-32(33)36(43)35(26(2)3)42-24-30-13-9-10-14-31(30)39(42)45;1-2/h9-10,13-14,17-18,22,25-26,32-33,35H,5-8,11-12,15-16,19-21,23-24H2,1-4H3,(H,40,44);1-2H3. The number of aryl methyl sites for hydroxylation is 1. The van der Waals surface area contributed by atoms with Crippen molar-refractivity contribution in [3.8, 4) is 16.2 Å². The number of hydrogen-bond donors (Lipinski definition) is 1. The number of benzene rings is 2. The summed E-state index contributed by atoms with van der Waals surface area (Å²) < 4.78 is 12.1. The molecule has 0 bridgehead atoms. The molecule has 3 atom stereocenters. The molecule has 0 saturated heterocycles. The number of carbonyl (C=O) groups excluding carboxylic acids is 3. The summed E-state index contributed by atoms with van der Waals surface area (Å²) in [6, 6.07) is 13.1. The van der Waals surface area contributed by atoms with Gasteiger partial charge >= 0.3 is 0 Å². The number of rotatable bonds is 18. The maximum Gasteiger partial charge on any atom is 0.255 e. The normalized spacial score (nSPS) is 17.3. The highest BCUT2D eigenvalue weighted by Crippen LogP contribution is 2.38. The van der Waals surface area contributed by atoms with Crippen LogP contribution in [-0.4, -0.2) is 53.3 Å². The molecule has 1 aliphatic heterocycles. The van der Waals surface area contributed by atoms with Crippen molar-refractivity contribution in [3.05, 3.63) is 70.4 Å². The SMILES string of the molecule is CC.CCCCCCCOCCOc1cc(-c2scnc2C)ccc1CNC(=O)C1CCCC1C(=O)C(C(C)C)N1Cc2ccccc2C1=O. The second kappa shape index (κ2) is 19.7. The smallest absolute Gasteiger partial charge is 0.255 e. The lowest BCUT2D eigenvalue weighted by Crippen LogP contribution is -2.49. The van der Waals surface area contributed by atoms with Gasteiger partial charge in [-0.2, -0.15) is 0 Å². The number of ketones is 1. The molecule has 1 aromatic heterocycles. The highest BCUT2D eigenvalue weighted by Gasteiger charge is 2.45. The van der Waals surface area contributed by atoms with Crippen LogP contribution in [0.3, 0.4) is 0 Å². The minimum absolute atomic E-state index is 0.00229. The van der Waals surface area contributed by atoms with Crippen molar-refractivity contribution in [1.29, 1.82) is 0 Å². The van der Waals surface area contributed by atoms with Crippen molar-refractivity contribution in [1.82, 2.24) is 15.2 Å². The van der Waals surface area contributed by atoms with Gasteiger partial charge in [0.15, 0.2) is 5.78 Å². The van der Waals surface area contributed by atoms with E-state index in [-0.39, 0.29) is 23.5 Å². The third-order valence-electron chi connectivity index (χ3n) is 9.73. The predicted molar refractivity (Wildman–Crippen MR) is 201 cm³/mol. The molecule has 2 aliphatic rings. The minimum Gasteiger partial charge on any atom is -0.491 e. The monoisotopic (exact) mass is 703 g/mol. The van der Waals surface area contributed by atoms with Crippen LogP contribution in [0.2, 0.25) is 0 Å². The van der Waals surface area contributed by atoms with E-state index in [2.05, 4.69) is 17.2 Å². The first-order chi connectivity index (χ1) is 24.3. The van der Waals surface area contributed by atoms with Crippen molar-refractivity contribution >= 4 is 28.9 Å². The lowest BCUT2D eigenvalue weighted by atomic mass is 9.83. The second-order valence-electron chi connectivity index (χ2n) is 13.5. The molecule has 2 aromatic carbocycles. The number of ether oxygens (including phenoxy) is 2. The fraction of sp³-hybridized carbons (Fsp3) is 0.561. The van der Waals surface area contributed by atoms with E-state index < -0.39 is 17.9 Å². The molecule has 3 unspecified atom stereocenters. The maximum atomic E-state index is 14.1. The van der Waals surface area contributed by atoms with Crippen LogP contribution in [-0.2, 0) is 27.4 Å². The summed E-state index contributed by atoms with van der Waals surface area (Å²) >= 11 is 1.59. The molecule has 8 nitrogen and oxygen atoms in total. The van der Waals surface area contributed by atoms with Crippen LogP contribution in [0.15, 0.2) is 48.0 Å². The van der Waals surface area contributed by atoms with E-state index in [0.29, 0.717) is 50.5 Å². The summed E-state index contributed by atoms with van der Waals surface area (Å²) in [7, 11) is 0. The number of fused-ring (bicyclic) bond motifs is 1. The first kappa shape index (κ1) is 39.2. The predicted octanol–water partition coefficient (Wildman–Crippen LogP) is 8.79. The van der Waals surface area contributed by atoms with E-state index in [1.165, 1.54) is 25.7 Å². The zero-order valence-electron chi connectivity index (χ0n) is 31.0. The fourth-order valence-electron chi connectivity index (χ4n) is 7.17. The summed E-state index contributed by atoms with van der Waals surface area (Å²) in [6.07, 6.45) is 8.11. The Labute approximate surface area is 303 Å². The quantitative estimate of drug-likeness (QED) is 0.133. The summed E-state index contributed by atoms with van der Waals surface area (Å²) in [6.45, 7) is 14.5. The Morgan fingerprint density at radius 2 is 1.76 bits per heavy atom. The number of thiazole rings is 1. The van der Waals surface area contributed by atoms with Crippen LogP contribution in [0, 0.1) is 24.7 Å². The van der Waals surface area contributed by atoms with E-state index >= 15 is 0 Å². The first-order valence-corrected chi connectivity index (χ1v) is 19.6. The Hall–Kier alpha value is -3.56. The Kier molecular flexibility index (Phi) is 15.5. The molecule has 0 spiro atoms. The second-order valence-corrected chi connectivity index (χ2v) is 14.4. The average molecular weight is 704 g/mol. The molecule has 1 fully saturated rings. The van der Waals surface area contributed by atoms with Gasteiger partial charge in [0.25, 0.3) is 5.91 Å². The number of carbonyl (C=O) groups is 3. The van der Waals surface area contributed by atoms with Crippen molar-refractivity contribution in [2.45, 2.75) is 112 Å². The number of Topliss-reactive ketones (excluding diaryl/α,β-unsaturated/α-hetero) is 1. The summed E-state index contributed by atoms with van der Waals surface area (Å²) in [5.41, 5.74) is 6.32. The zero-order valence-corrected chi connectivity index (χ0v) is 31.8. The van der Waals surface area contributed by atoms with Gasteiger partial charge in [-0.1, -0.05) is 97.1 Å². The first-order valence-electron chi connectivity index (χ1n) is 18.7. The molecular weight excluding hydrogens is 647 g/mol. The molecule has 1 saturated carbocycles. The molecule has 3 aromatic rings. The van der Waals surface area contributed by atoms with E-state index in [0.717, 1.165) is 46.7 Å². The molecule has 50 heavy (non-hydrogen) atoms. The van der Waals surface area contributed by atoms with Gasteiger partial charge in [0, 0.05) is 42.7 Å². The molecule has 2 heterocycles. The summed E-state index contributed by atoms with van der Waals surface area (Å²) in [4.78, 5) is 48.4. The lowest BCUT2D eigenvalue weighted by molar-refractivity contribution is -0.136. The number of unbranched alkanes of at least 4 members (excludes halogenated alkanes) is 4. The van der Waals surface area contributed by atoms with Crippen molar-refractivity contribution in [3.63, 3.8) is 0 Å². The Bertz CT molecular complexity index is 1550. The molecule has 1 aliphatic carbocycles. The fourth-order valence-corrected chi connectivity index (χ4v) is 7.97. The lowest BCUT2D eigenvalue weighted by Gasteiger charge is -2.33. The van der Waals surface area contributed by atoms with Gasteiger partial charge < -0.3 is 19.7 Å². The third kappa shape index (κ3) is 9.81. The van der Waals surface area contributed by atoms with E-state index in [1.54, 1.807) is 16.2 Å². The van der Waals surface area contributed by atoms with Crippen molar-refractivity contribution in [2.75, 3.05) is 19.8 Å². The number of nitrogens with one attached hydrogen (secondary N) is 1. The molecule has 9 heteroatoms. The number of amides is 2. The van der Waals surface area contributed by atoms with Gasteiger partial charge in [0.2, 0.25) is 5.91 Å². The van der Waals surface area contributed by atoms with Gasteiger partial charge in [0.1, 0.15) is 12.4 Å². The zero-order chi connectivity index (χ0) is 36.0. The summed E-state index contributed by atoms with van der Waals surface area (Å²) in [5.74, 6) is -0.415. The highest BCUT2D eigenvalue weighted by molar-refractivity contribution is 7.13. The van der Waals surface area contributed by atoms with Crippen LogP contribution in [0.4, 0.5) is 0 Å². The van der Waals surface area contributed by atoms with Crippen LogP contribution >= 0.6 is 11.3 Å². The average Bonchev–Trinajstić information content (AvgIpc) is 3.87. The van der Waals surface area contributed by atoms with E-state index in [9.17, 15) is 14.4 Å². The maximum absolute atomic E-state index is 14.1. The Balaban J connectivity index is 0.00000276. The number of aromatic nitrogens is 1. The number of nitrogens with zero attached hydrogens (tertiary/aromatic N) is 2. The van der Waals surface area contributed by atoms with Crippen molar-refractivity contribution in [2.24, 2.45) is 17.8 Å². The van der Waals surface area contributed by atoms with Gasteiger partial charge in [0.05, 0.1) is 28.7 Å². The van der Waals surface area contributed by atoms with E-state index in [1.807, 2.05) is 82.6 Å². The van der Waals surface area contributed by atoms with Gasteiger partial charge in [-0.05, 0) is 55.4 Å². The minimum atomic E-state index is -0.565. The van der Waals surface area contributed by atoms with Gasteiger partial charge in [-0.25, -0.2) is 4.98 Å². The van der Waals surface area contributed by atoms with Crippen LogP contribution in [0.5, 0.6) is 5.75 Å². The Morgan fingerprint density at radius 1 is 1.00 bits per heavy atom. The molecule has 0 radical (unpaired) electrons. The highest BCUT2D eigenvalue weighted by atomic mass is 32.1. The topological polar surface area (TPSA) is 97.8 Å². The molecule has 2 amide bonds. The van der Waals surface area contributed by atoms with Gasteiger partial charge in [-0.15, -0.1) is 11.3 Å².